The number of hydrogen-bond acceptors (Lipinski definition) is 8. The Labute approximate surface area is 275 Å². The van der Waals surface area contributed by atoms with Crippen LogP contribution in [-0.4, -0.2) is 86.5 Å². The van der Waals surface area contributed by atoms with Crippen LogP contribution in [0.4, 0.5) is 11.4 Å². The molecule has 0 saturated carbocycles. The van der Waals surface area contributed by atoms with Gasteiger partial charge in [-0.25, -0.2) is 4.79 Å². The lowest BCUT2D eigenvalue weighted by Crippen LogP contribution is -2.50. The number of nitrogens with one attached hydrogen (secondary N) is 1. The summed E-state index contributed by atoms with van der Waals surface area (Å²) in [6, 6.07) is 11.1. The van der Waals surface area contributed by atoms with E-state index in [0.717, 1.165) is 87.5 Å². The second-order valence-electron chi connectivity index (χ2n) is 11.4. The molecule has 1 unspecified atom stereocenters. The maximum atomic E-state index is 12.9. The summed E-state index contributed by atoms with van der Waals surface area (Å²) in [7, 11) is 0. The van der Waals surface area contributed by atoms with E-state index in [-0.39, 0.29) is 12.8 Å². The minimum absolute atomic E-state index is 0.0138. The number of ether oxygens (including phenoxy) is 2. The summed E-state index contributed by atoms with van der Waals surface area (Å²) >= 11 is 12.6. The molecule has 2 N–H and O–H groups in total. The zero-order chi connectivity index (χ0) is 32.2. The summed E-state index contributed by atoms with van der Waals surface area (Å²) in [6.45, 7) is 8.33. The molecule has 0 bridgehead atoms. The second-order valence-corrected chi connectivity index (χ2v) is 12.2. The number of fused-ring (bicyclic) bond motifs is 1. The largest absolute Gasteiger partial charge is 0.494 e. The molecule has 2 heterocycles. The smallest absolute Gasteiger partial charge is 0.367 e. The summed E-state index contributed by atoms with van der Waals surface area (Å²) in [5.41, 5.74) is 2.18. The lowest BCUT2D eigenvalue weighted by atomic mass is 10.0. The van der Waals surface area contributed by atoms with Crippen molar-refractivity contribution in [3.05, 3.63) is 52.0 Å². The van der Waals surface area contributed by atoms with Gasteiger partial charge >= 0.3 is 11.9 Å². The van der Waals surface area contributed by atoms with Crippen molar-refractivity contribution in [3.8, 4) is 5.75 Å². The van der Waals surface area contributed by atoms with Gasteiger partial charge in [0.1, 0.15) is 5.75 Å². The molecule has 1 fully saturated rings. The first-order chi connectivity index (χ1) is 21.8. The maximum absolute atomic E-state index is 12.9. The summed E-state index contributed by atoms with van der Waals surface area (Å²) in [4.78, 5) is 43.4. The first kappa shape index (κ1) is 34.8. The molecule has 12 heteroatoms. The molecule has 2 aliphatic heterocycles. The number of aliphatic carboxylic acids is 1. The number of carboxylic acids is 1. The molecule has 2 aromatic carbocycles. The number of unbranched alkanes of at least 4 members (excludes halogenated alkanes) is 3. The summed E-state index contributed by atoms with van der Waals surface area (Å²) in [6.07, 6.45) is 3.88. The van der Waals surface area contributed by atoms with Crippen molar-refractivity contribution in [1.29, 1.82) is 0 Å². The van der Waals surface area contributed by atoms with E-state index >= 15 is 0 Å². The van der Waals surface area contributed by atoms with E-state index in [1.165, 1.54) is 0 Å². The number of hydrogen-bond donors (Lipinski definition) is 2. The minimum atomic E-state index is -1.74. The number of benzene rings is 2. The van der Waals surface area contributed by atoms with Gasteiger partial charge in [0.25, 0.3) is 6.23 Å². The lowest BCUT2D eigenvalue weighted by molar-refractivity contribution is -0.165. The Hall–Kier alpha value is -3.05. The Kier molecular flexibility index (Phi) is 13.6. The van der Waals surface area contributed by atoms with Crippen LogP contribution in [-0.2, 0) is 25.5 Å². The van der Waals surface area contributed by atoms with Crippen molar-refractivity contribution in [1.82, 2.24) is 10.2 Å². The lowest BCUT2D eigenvalue weighted by Gasteiger charge is -2.36. The quantitative estimate of drug-likeness (QED) is 0.170. The van der Waals surface area contributed by atoms with Crippen molar-refractivity contribution in [2.75, 3.05) is 62.2 Å². The number of halogens is 2. The first-order valence-corrected chi connectivity index (χ1v) is 16.7. The normalized spacial score (nSPS) is 15.9. The standard InChI is InChI=1S/C33H44Cl2N4O6/c1-2-3-4-15-36-16-14-30(41)45-32(33(42)43)39-28-23-25(12-10-24(28)11-13-29(39)40)44-22-6-5-17-37-18-20-38(21-19-37)27-9-7-8-26(34)31(27)35/h7-10,12,23,32,36H,2-6,11,13-22H2,1H3,(H,42,43). The van der Waals surface area contributed by atoms with E-state index in [1.807, 2.05) is 24.3 Å². The highest BCUT2D eigenvalue weighted by Crippen LogP contribution is 2.34. The Morgan fingerprint density at radius 2 is 1.78 bits per heavy atom. The number of carbonyl (C=O) groups is 3. The van der Waals surface area contributed by atoms with Crippen LogP contribution in [0, 0.1) is 0 Å². The van der Waals surface area contributed by atoms with Gasteiger partial charge in [0.05, 0.1) is 34.4 Å². The third-order valence-corrected chi connectivity index (χ3v) is 8.94. The number of esters is 1. The predicted molar refractivity (Wildman–Crippen MR) is 177 cm³/mol. The van der Waals surface area contributed by atoms with Gasteiger partial charge in [0.2, 0.25) is 5.91 Å². The van der Waals surface area contributed by atoms with Crippen molar-refractivity contribution >= 4 is 52.4 Å². The second kappa shape index (κ2) is 17.6. The average Bonchev–Trinajstić information content (AvgIpc) is 3.03. The molecule has 2 aromatic rings. The monoisotopic (exact) mass is 662 g/mol. The Morgan fingerprint density at radius 3 is 2.53 bits per heavy atom. The van der Waals surface area contributed by atoms with Crippen LogP contribution in [0.5, 0.6) is 5.75 Å². The zero-order valence-corrected chi connectivity index (χ0v) is 27.5. The van der Waals surface area contributed by atoms with Crippen LogP contribution < -0.4 is 19.9 Å². The average molecular weight is 664 g/mol. The summed E-state index contributed by atoms with van der Waals surface area (Å²) < 4.78 is 11.3. The van der Waals surface area contributed by atoms with Gasteiger partial charge < -0.3 is 24.8 Å². The molecule has 4 rings (SSSR count). The van der Waals surface area contributed by atoms with E-state index in [4.69, 9.17) is 32.7 Å². The molecule has 45 heavy (non-hydrogen) atoms. The Bertz CT molecular complexity index is 1300. The number of nitrogens with zero attached hydrogens (tertiary/aromatic N) is 3. The third-order valence-electron chi connectivity index (χ3n) is 8.13. The maximum Gasteiger partial charge on any atom is 0.367 e. The third kappa shape index (κ3) is 9.97. The molecule has 0 spiro atoms. The minimum Gasteiger partial charge on any atom is -0.494 e. The molecule has 1 atom stereocenters. The van der Waals surface area contributed by atoms with Gasteiger partial charge in [-0.2, -0.15) is 0 Å². The highest BCUT2D eigenvalue weighted by Gasteiger charge is 2.37. The van der Waals surface area contributed by atoms with Crippen molar-refractivity contribution in [3.63, 3.8) is 0 Å². The number of rotatable bonds is 17. The van der Waals surface area contributed by atoms with Gasteiger partial charge in [-0.1, -0.05) is 55.1 Å². The van der Waals surface area contributed by atoms with Crippen molar-refractivity contribution in [2.24, 2.45) is 0 Å². The predicted octanol–water partition coefficient (Wildman–Crippen LogP) is 5.38. The van der Waals surface area contributed by atoms with E-state index in [9.17, 15) is 19.5 Å². The summed E-state index contributed by atoms with van der Waals surface area (Å²) in [5.74, 6) is -1.95. The fourth-order valence-electron chi connectivity index (χ4n) is 5.61. The number of amides is 1. The van der Waals surface area contributed by atoms with Crippen LogP contribution >= 0.6 is 23.2 Å². The molecule has 2 aliphatic rings. The Morgan fingerprint density at radius 1 is 0.978 bits per heavy atom. The van der Waals surface area contributed by atoms with Gasteiger partial charge in [0.15, 0.2) is 0 Å². The van der Waals surface area contributed by atoms with Gasteiger partial charge in [-0.3, -0.25) is 19.4 Å². The molecule has 246 valence electrons. The number of piperazine rings is 1. The molecule has 0 aliphatic carbocycles. The zero-order valence-electron chi connectivity index (χ0n) is 25.9. The van der Waals surface area contributed by atoms with Crippen LogP contribution in [0.25, 0.3) is 0 Å². The number of carboxylic acid groups (broad SMARTS) is 1. The van der Waals surface area contributed by atoms with Crippen LogP contribution in [0.1, 0.15) is 57.4 Å². The first-order valence-electron chi connectivity index (χ1n) is 15.9. The molecule has 0 aromatic heterocycles. The van der Waals surface area contributed by atoms with Crippen LogP contribution in [0.3, 0.4) is 0 Å². The van der Waals surface area contributed by atoms with E-state index in [1.54, 1.807) is 12.1 Å². The molecule has 1 saturated heterocycles. The fourth-order valence-corrected chi connectivity index (χ4v) is 6.03. The molecule has 1 amide bonds. The van der Waals surface area contributed by atoms with E-state index in [0.29, 0.717) is 41.1 Å². The van der Waals surface area contributed by atoms with E-state index < -0.39 is 24.1 Å². The van der Waals surface area contributed by atoms with Crippen molar-refractivity contribution < 1.29 is 29.0 Å². The van der Waals surface area contributed by atoms with Gasteiger partial charge in [0, 0.05) is 45.2 Å². The Balaban J connectivity index is 1.24. The number of anilines is 2. The highest BCUT2D eigenvalue weighted by molar-refractivity contribution is 6.43. The van der Waals surface area contributed by atoms with Crippen LogP contribution in [0.15, 0.2) is 36.4 Å². The molecule has 10 nitrogen and oxygen atoms in total. The number of aryl methyl sites for hydroxylation is 1. The highest BCUT2D eigenvalue weighted by atomic mass is 35.5. The SMILES string of the molecule is CCCCCNCCC(=O)OC(C(=O)O)N1C(=O)CCc2ccc(OCCCCN3CCN(c4cccc(Cl)c4Cl)CC3)cc21. The van der Waals surface area contributed by atoms with E-state index in [2.05, 4.69) is 22.0 Å². The fraction of sp³-hybridized carbons (Fsp3) is 0.545. The van der Waals surface area contributed by atoms with Gasteiger partial charge in [-0.05, 0) is 62.5 Å². The molecule has 0 radical (unpaired) electrons. The number of carbonyl (C=O) groups excluding carboxylic acids is 2. The van der Waals surface area contributed by atoms with Crippen molar-refractivity contribution in [2.45, 2.75) is 64.5 Å². The topological polar surface area (TPSA) is 112 Å². The summed E-state index contributed by atoms with van der Waals surface area (Å²) in [5, 5.41) is 14.3. The van der Waals surface area contributed by atoms with Gasteiger partial charge in [-0.15, -0.1) is 0 Å². The molecular weight excluding hydrogens is 619 g/mol. The van der Waals surface area contributed by atoms with Crippen LogP contribution in [0.2, 0.25) is 10.0 Å². The molecular formula is C33H44Cl2N4O6.